The third-order valence-corrected chi connectivity index (χ3v) is 5.18. The number of thioether (sulfide) groups is 1. The van der Waals surface area contributed by atoms with Crippen molar-refractivity contribution in [3.05, 3.63) is 65.7 Å². The van der Waals surface area contributed by atoms with Gasteiger partial charge in [0.2, 0.25) is 5.12 Å². The van der Waals surface area contributed by atoms with Crippen molar-refractivity contribution in [2.24, 2.45) is 0 Å². The summed E-state index contributed by atoms with van der Waals surface area (Å²) in [7, 11) is 0. The summed E-state index contributed by atoms with van der Waals surface area (Å²) in [5.41, 5.74) is 1.61. The van der Waals surface area contributed by atoms with Crippen molar-refractivity contribution in [3.8, 4) is 0 Å². The minimum atomic E-state index is -0.814. The summed E-state index contributed by atoms with van der Waals surface area (Å²) >= 11 is 1.10. The molecule has 0 spiro atoms. The van der Waals surface area contributed by atoms with Crippen molar-refractivity contribution in [2.75, 3.05) is 6.61 Å². The first kappa shape index (κ1) is 19.6. The van der Waals surface area contributed by atoms with Gasteiger partial charge in [-0.2, -0.15) is 0 Å². The predicted molar refractivity (Wildman–Crippen MR) is 105 cm³/mol. The second-order valence-corrected chi connectivity index (χ2v) is 8.00. The molecule has 0 unspecified atom stereocenters. The molecule has 5 nitrogen and oxygen atoms in total. The molecule has 1 aliphatic heterocycles. The Balaban J connectivity index is 1.77. The summed E-state index contributed by atoms with van der Waals surface area (Å²) in [6.07, 6.45) is -0.543. The van der Waals surface area contributed by atoms with E-state index in [4.69, 9.17) is 9.47 Å². The van der Waals surface area contributed by atoms with Crippen molar-refractivity contribution >= 4 is 22.8 Å². The normalized spacial score (nSPS) is 19.4. The average Bonchev–Trinajstić information content (AvgIpc) is 3.01. The molecule has 0 aromatic heterocycles. The van der Waals surface area contributed by atoms with E-state index in [-0.39, 0.29) is 17.6 Å². The minimum absolute atomic E-state index is 0.186. The zero-order valence-electron chi connectivity index (χ0n) is 15.6. The molecule has 0 saturated carbocycles. The molecule has 3 rings (SSSR count). The highest BCUT2D eigenvalue weighted by atomic mass is 32.2. The van der Waals surface area contributed by atoms with E-state index in [1.165, 1.54) is 0 Å². The third kappa shape index (κ3) is 5.19. The molecule has 1 aliphatic rings. The molecular weight excluding hydrogens is 362 g/mol. The Kier molecular flexibility index (Phi) is 5.99. The molecule has 2 aromatic rings. The van der Waals surface area contributed by atoms with E-state index in [1.807, 2.05) is 37.3 Å². The van der Waals surface area contributed by atoms with Gasteiger partial charge in [-0.1, -0.05) is 35.9 Å². The number of carbonyl (C=O) groups is 2. The highest BCUT2D eigenvalue weighted by molar-refractivity contribution is 8.13. The molecule has 1 N–H and O–H groups in total. The molecule has 1 heterocycles. The van der Waals surface area contributed by atoms with Crippen LogP contribution in [0.2, 0.25) is 0 Å². The summed E-state index contributed by atoms with van der Waals surface area (Å²) in [5, 5.41) is 2.64. The van der Waals surface area contributed by atoms with Crippen LogP contribution in [0.1, 0.15) is 29.8 Å². The van der Waals surface area contributed by atoms with Crippen LogP contribution in [0.15, 0.2) is 59.5 Å². The van der Waals surface area contributed by atoms with E-state index in [0.717, 1.165) is 22.2 Å². The van der Waals surface area contributed by atoms with Gasteiger partial charge >= 0.3 is 0 Å². The molecule has 142 valence electrons. The first-order chi connectivity index (χ1) is 12.8. The van der Waals surface area contributed by atoms with Gasteiger partial charge < -0.3 is 14.8 Å². The van der Waals surface area contributed by atoms with Gasteiger partial charge in [0, 0.05) is 10.5 Å². The van der Waals surface area contributed by atoms with E-state index >= 15 is 0 Å². The van der Waals surface area contributed by atoms with Crippen LogP contribution in [-0.4, -0.2) is 35.6 Å². The first-order valence-corrected chi connectivity index (χ1v) is 9.62. The number of hydrogen-bond acceptors (Lipinski definition) is 5. The second kappa shape index (κ2) is 8.25. The Bertz CT molecular complexity index is 805. The van der Waals surface area contributed by atoms with E-state index in [2.05, 4.69) is 5.32 Å². The summed E-state index contributed by atoms with van der Waals surface area (Å²) in [6.45, 7) is 5.82. The van der Waals surface area contributed by atoms with Crippen molar-refractivity contribution in [1.82, 2.24) is 5.32 Å². The van der Waals surface area contributed by atoms with Gasteiger partial charge in [0.05, 0.1) is 6.61 Å². The summed E-state index contributed by atoms with van der Waals surface area (Å²) in [4.78, 5) is 26.4. The lowest BCUT2D eigenvalue weighted by Crippen LogP contribution is -2.49. The van der Waals surface area contributed by atoms with Gasteiger partial charge in [0.15, 0.2) is 5.79 Å². The Labute approximate surface area is 163 Å². The number of rotatable bonds is 5. The standard InChI is InChI=1S/C21H23NO4S/c1-14-9-11-16(12-10-14)27-20(24)18(17-13-25-21(2,3)26-17)22-19(23)15-7-5-4-6-8-15/h4-12,17-18H,13H2,1-3H3,(H,22,23)/t17-,18-/m1/s1. The number of benzene rings is 2. The third-order valence-electron chi connectivity index (χ3n) is 4.22. The molecule has 1 fully saturated rings. The van der Waals surface area contributed by atoms with Crippen LogP contribution >= 0.6 is 11.8 Å². The first-order valence-electron chi connectivity index (χ1n) is 8.80. The molecule has 27 heavy (non-hydrogen) atoms. The maximum atomic E-state index is 13.0. The molecule has 1 saturated heterocycles. The highest BCUT2D eigenvalue weighted by Crippen LogP contribution is 2.28. The van der Waals surface area contributed by atoms with Crippen LogP contribution in [0.25, 0.3) is 0 Å². The van der Waals surface area contributed by atoms with Crippen LogP contribution < -0.4 is 5.32 Å². The molecular formula is C21H23NO4S. The number of nitrogens with one attached hydrogen (secondary N) is 1. The van der Waals surface area contributed by atoms with Crippen LogP contribution in [0.4, 0.5) is 0 Å². The summed E-state index contributed by atoms with van der Waals surface area (Å²) in [5.74, 6) is -1.10. The molecule has 1 amide bonds. The number of hydrogen-bond donors (Lipinski definition) is 1. The number of amides is 1. The van der Waals surface area contributed by atoms with Gasteiger partial charge in [0.1, 0.15) is 12.1 Å². The van der Waals surface area contributed by atoms with Gasteiger partial charge in [-0.15, -0.1) is 0 Å². The fourth-order valence-electron chi connectivity index (χ4n) is 2.78. The van der Waals surface area contributed by atoms with Crippen LogP contribution in [-0.2, 0) is 14.3 Å². The van der Waals surface area contributed by atoms with Crippen molar-refractivity contribution in [3.63, 3.8) is 0 Å². The van der Waals surface area contributed by atoms with E-state index in [9.17, 15) is 9.59 Å². The van der Waals surface area contributed by atoms with Crippen molar-refractivity contribution < 1.29 is 19.1 Å². The van der Waals surface area contributed by atoms with E-state index < -0.39 is 17.9 Å². The SMILES string of the molecule is Cc1ccc(SC(=O)[C@H](NC(=O)c2ccccc2)[C@H]2COC(C)(C)O2)cc1. The zero-order valence-corrected chi connectivity index (χ0v) is 16.4. The second-order valence-electron chi connectivity index (χ2n) is 6.92. The van der Waals surface area contributed by atoms with Crippen LogP contribution in [0.3, 0.4) is 0 Å². The smallest absolute Gasteiger partial charge is 0.251 e. The monoisotopic (exact) mass is 385 g/mol. The molecule has 0 bridgehead atoms. The quantitative estimate of drug-likeness (QED) is 0.797. The average molecular weight is 385 g/mol. The van der Waals surface area contributed by atoms with Crippen molar-refractivity contribution in [1.29, 1.82) is 0 Å². The fraction of sp³-hybridized carbons (Fsp3) is 0.333. The van der Waals surface area contributed by atoms with Crippen LogP contribution in [0, 0.1) is 6.92 Å². The number of carbonyl (C=O) groups excluding carboxylic acids is 2. The zero-order chi connectivity index (χ0) is 19.4. The lowest BCUT2D eigenvalue weighted by atomic mass is 10.1. The van der Waals surface area contributed by atoms with Crippen molar-refractivity contribution in [2.45, 2.75) is 43.6 Å². The Morgan fingerprint density at radius 2 is 1.78 bits per heavy atom. The number of ether oxygens (including phenoxy) is 2. The lowest BCUT2D eigenvalue weighted by Gasteiger charge is -2.24. The van der Waals surface area contributed by atoms with Gasteiger partial charge in [0.25, 0.3) is 5.91 Å². The van der Waals surface area contributed by atoms with Gasteiger partial charge in [-0.05, 0) is 56.8 Å². The minimum Gasteiger partial charge on any atom is -0.348 e. The fourth-order valence-corrected chi connectivity index (χ4v) is 3.63. The van der Waals surface area contributed by atoms with Gasteiger partial charge in [-0.3, -0.25) is 9.59 Å². The Morgan fingerprint density at radius 3 is 2.37 bits per heavy atom. The van der Waals surface area contributed by atoms with E-state index in [0.29, 0.717) is 5.56 Å². The maximum Gasteiger partial charge on any atom is 0.251 e. The summed E-state index contributed by atoms with van der Waals surface area (Å²) < 4.78 is 11.5. The van der Waals surface area contributed by atoms with Crippen LogP contribution in [0.5, 0.6) is 0 Å². The van der Waals surface area contributed by atoms with Gasteiger partial charge in [-0.25, -0.2) is 0 Å². The lowest BCUT2D eigenvalue weighted by molar-refractivity contribution is -0.143. The summed E-state index contributed by atoms with van der Waals surface area (Å²) in [6, 6.07) is 15.7. The largest absolute Gasteiger partial charge is 0.348 e. The Morgan fingerprint density at radius 1 is 1.11 bits per heavy atom. The molecule has 0 radical (unpaired) electrons. The molecule has 6 heteroatoms. The topological polar surface area (TPSA) is 64.6 Å². The predicted octanol–water partition coefficient (Wildman–Crippen LogP) is 3.56. The highest BCUT2D eigenvalue weighted by Gasteiger charge is 2.41. The molecule has 0 aliphatic carbocycles. The number of aryl methyl sites for hydroxylation is 1. The maximum absolute atomic E-state index is 13.0. The van der Waals surface area contributed by atoms with E-state index in [1.54, 1.807) is 38.1 Å². The molecule has 2 atom stereocenters. The molecule has 2 aromatic carbocycles. The Hall–Kier alpha value is -2.15.